The molecule has 1 unspecified atom stereocenters. The zero-order chi connectivity index (χ0) is 12.1. The van der Waals surface area contributed by atoms with E-state index in [2.05, 4.69) is 0 Å². The molecule has 0 aromatic heterocycles. The SMILES string of the molecule is NCC(CC(=O)O)c1ccccc1[N+](=O)[O-]. The van der Waals surface area contributed by atoms with E-state index in [1.54, 1.807) is 12.1 Å². The van der Waals surface area contributed by atoms with Gasteiger partial charge in [0.25, 0.3) is 5.69 Å². The molecule has 0 fully saturated rings. The van der Waals surface area contributed by atoms with E-state index in [0.717, 1.165) is 0 Å². The summed E-state index contributed by atoms with van der Waals surface area (Å²) in [7, 11) is 0. The van der Waals surface area contributed by atoms with E-state index in [9.17, 15) is 14.9 Å². The monoisotopic (exact) mass is 224 g/mol. The second-order valence-corrected chi connectivity index (χ2v) is 3.35. The second-order valence-electron chi connectivity index (χ2n) is 3.35. The molecule has 6 heteroatoms. The summed E-state index contributed by atoms with van der Waals surface area (Å²) in [5.41, 5.74) is 5.72. The summed E-state index contributed by atoms with van der Waals surface area (Å²) >= 11 is 0. The van der Waals surface area contributed by atoms with Gasteiger partial charge in [-0.2, -0.15) is 0 Å². The predicted molar refractivity (Wildman–Crippen MR) is 57.1 cm³/mol. The van der Waals surface area contributed by atoms with Gasteiger partial charge in [0, 0.05) is 24.1 Å². The van der Waals surface area contributed by atoms with Crippen LogP contribution in [0, 0.1) is 10.1 Å². The third-order valence-corrected chi connectivity index (χ3v) is 2.28. The first-order chi connectivity index (χ1) is 7.56. The number of nitrogens with two attached hydrogens (primary N) is 1. The molecule has 1 aromatic carbocycles. The van der Waals surface area contributed by atoms with Crippen molar-refractivity contribution in [1.82, 2.24) is 0 Å². The number of hydrogen-bond acceptors (Lipinski definition) is 4. The predicted octanol–water partition coefficient (Wildman–Crippen LogP) is 1.11. The van der Waals surface area contributed by atoms with Crippen molar-refractivity contribution in [2.24, 2.45) is 5.73 Å². The molecule has 0 aliphatic carbocycles. The van der Waals surface area contributed by atoms with Crippen molar-refractivity contribution in [3.63, 3.8) is 0 Å². The summed E-state index contributed by atoms with van der Waals surface area (Å²) in [4.78, 5) is 20.8. The number of rotatable bonds is 5. The summed E-state index contributed by atoms with van der Waals surface area (Å²) in [6.07, 6.45) is -0.207. The number of aliphatic carboxylic acids is 1. The van der Waals surface area contributed by atoms with Gasteiger partial charge in [0.05, 0.1) is 11.3 Å². The van der Waals surface area contributed by atoms with E-state index >= 15 is 0 Å². The zero-order valence-electron chi connectivity index (χ0n) is 8.50. The summed E-state index contributed by atoms with van der Waals surface area (Å²) in [6, 6.07) is 6.06. The van der Waals surface area contributed by atoms with Crippen LogP contribution in [0.25, 0.3) is 0 Å². The van der Waals surface area contributed by atoms with Crippen molar-refractivity contribution < 1.29 is 14.8 Å². The maximum Gasteiger partial charge on any atom is 0.304 e. The average molecular weight is 224 g/mol. The Bertz CT molecular complexity index is 406. The second kappa shape index (κ2) is 5.22. The van der Waals surface area contributed by atoms with Crippen LogP contribution in [0.15, 0.2) is 24.3 Å². The summed E-state index contributed by atoms with van der Waals surface area (Å²) in [6.45, 7) is 0.0666. The van der Waals surface area contributed by atoms with Crippen LogP contribution in [0.1, 0.15) is 17.9 Å². The van der Waals surface area contributed by atoms with E-state index in [1.807, 2.05) is 0 Å². The molecule has 0 heterocycles. The van der Waals surface area contributed by atoms with Crippen molar-refractivity contribution in [2.45, 2.75) is 12.3 Å². The molecule has 0 saturated heterocycles. The number of benzene rings is 1. The van der Waals surface area contributed by atoms with Gasteiger partial charge in [-0.3, -0.25) is 14.9 Å². The molecule has 3 N–H and O–H groups in total. The number of carbonyl (C=O) groups is 1. The number of nitro groups is 1. The molecule has 0 saturated carbocycles. The van der Waals surface area contributed by atoms with Gasteiger partial charge in [-0.15, -0.1) is 0 Å². The Morgan fingerprint density at radius 1 is 1.50 bits per heavy atom. The first kappa shape index (κ1) is 12.1. The highest BCUT2D eigenvalue weighted by molar-refractivity contribution is 5.68. The molecule has 0 aliphatic heterocycles. The third-order valence-electron chi connectivity index (χ3n) is 2.28. The molecule has 16 heavy (non-hydrogen) atoms. The minimum atomic E-state index is -1.02. The van der Waals surface area contributed by atoms with Gasteiger partial charge in [-0.1, -0.05) is 18.2 Å². The molecule has 1 aromatic rings. The van der Waals surface area contributed by atoms with Crippen LogP contribution >= 0.6 is 0 Å². The van der Waals surface area contributed by atoms with E-state index in [-0.39, 0.29) is 18.7 Å². The normalized spacial score (nSPS) is 12.1. The Hall–Kier alpha value is -1.95. The minimum absolute atomic E-state index is 0.0666. The molecule has 0 spiro atoms. The Morgan fingerprint density at radius 2 is 2.12 bits per heavy atom. The number of carboxylic acid groups (broad SMARTS) is 1. The van der Waals surface area contributed by atoms with Gasteiger partial charge in [-0.05, 0) is 0 Å². The van der Waals surface area contributed by atoms with Crippen LogP contribution < -0.4 is 5.73 Å². The molecule has 0 aliphatic rings. The molecule has 0 bridgehead atoms. The van der Waals surface area contributed by atoms with Crippen molar-refractivity contribution in [2.75, 3.05) is 6.54 Å². The molecule has 6 nitrogen and oxygen atoms in total. The molecule has 0 amide bonds. The van der Waals surface area contributed by atoms with Gasteiger partial charge in [0.2, 0.25) is 0 Å². The van der Waals surface area contributed by atoms with Gasteiger partial charge in [0.1, 0.15) is 0 Å². The van der Waals surface area contributed by atoms with E-state index in [4.69, 9.17) is 10.8 Å². The first-order valence-electron chi connectivity index (χ1n) is 4.71. The maximum absolute atomic E-state index is 10.7. The van der Waals surface area contributed by atoms with Crippen LogP contribution in [0.2, 0.25) is 0 Å². The van der Waals surface area contributed by atoms with Crippen LogP contribution in [-0.2, 0) is 4.79 Å². The van der Waals surface area contributed by atoms with Crippen molar-refractivity contribution in [1.29, 1.82) is 0 Å². The first-order valence-corrected chi connectivity index (χ1v) is 4.71. The molecule has 0 radical (unpaired) electrons. The standard InChI is InChI=1S/C10H12N2O4/c11-6-7(5-10(13)14)8-3-1-2-4-9(8)12(15)16/h1-4,7H,5-6,11H2,(H,13,14). The molecular formula is C10H12N2O4. The van der Waals surface area contributed by atoms with Crippen molar-refractivity contribution in [3.8, 4) is 0 Å². The highest BCUT2D eigenvalue weighted by Crippen LogP contribution is 2.27. The van der Waals surface area contributed by atoms with E-state index < -0.39 is 16.8 Å². The lowest BCUT2D eigenvalue weighted by atomic mass is 9.94. The lowest BCUT2D eigenvalue weighted by molar-refractivity contribution is -0.385. The van der Waals surface area contributed by atoms with Gasteiger partial charge in [-0.25, -0.2) is 0 Å². The highest BCUT2D eigenvalue weighted by Gasteiger charge is 2.22. The Morgan fingerprint density at radius 3 is 2.62 bits per heavy atom. The molecule has 1 rings (SSSR count). The van der Waals surface area contributed by atoms with Crippen molar-refractivity contribution >= 4 is 11.7 Å². The largest absolute Gasteiger partial charge is 0.481 e. The van der Waals surface area contributed by atoms with E-state index in [0.29, 0.717) is 5.56 Å². The quantitative estimate of drug-likeness (QED) is 0.575. The molecule has 86 valence electrons. The third kappa shape index (κ3) is 2.77. The lowest BCUT2D eigenvalue weighted by Gasteiger charge is -2.12. The number of nitro benzene ring substituents is 1. The number of para-hydroxylation sites is 1. The minimum Gasteiger partial charge on any atom is -0.481 e. The number of nitrogens with zero attached hydrogens (tertiary/aromatic N) is 1. The van der Waals surface area contributed by atoms with E-state index in [1.165, 1.54) is 12.1 Å². The molecule has 1 atom stereocenters. The topological polar surface area (TPSA) is 106 Å². The van der Waals surface area contributed by atoms with Gasteiger partial charge in [0.15, 0.2) is 0 Å². The lowest BCUT2D eigenvalue weighted by Crippen LogP contribution is -2.17. The average Bonchev–Trinajstić information content (AvgIpc) is 2.25. The van der Waals surface area contributed by atoms with Gasteiger partial charge >= 0.3 is 5.97 Å². The summed E-state index contributed by atoms with van der Waals surface area (Å²) in [5.74, 6) is -1.55. The fraction of sp³-hybridized carbons (Fsp3) is 0.300. The number of hydrogen-bond donors (Lipinski definition) is 2. The summed E-state index contributed by atoms with van der Waals surface area (Å²) < 4.78 is 0. The number of carboxylic acids is 1. The summed E-state index contributed by atoms with van der Waals surface area (Å²) in [5, 5.41) is 19.4. The fourth-order valence-electron chi connectivity index (χ4n) is 1.53. The van der Waals surface area contributed by atoms with Gasteiger partial charge < -0.3 is 10.8 Å². The van der Waals surface area contributed by atoms with Crippen LogP contribution in [0.4, 0.5) is 5.69 Å². The fourth-order valence-corrected chi connectivity index (χ4v) is 1.53. The smallest absolute Gasteiger partial charge is 0.304 e. The Labute approximate surface area is 91.8 Å². The highest BCUT2D eigenvalue weighted by atomic mass is 16.6. The zero-order valence-corrected chi connectivity index (χ0v) is 8.50. The van der Waals surface area contributed by atoms with Crippen molar-refractivity contribution in [3.05, 3.63) is 39.9 Å². The van der Waals surface area contributed by atoms with Crippen LogP contribution in [0.5, 0.6) is 0 Å². The maximum atomic E-state index is 10.7. The van der Waals surface area contributed by atoms with Crippen LogP contribution in [0.3, 0.4) is 0 Å². The Kier molecular flexibility index (Phi) is 3.96. The Balaban J connectivity index is 3.08. The molecular weight excluding hydrogens is 212 g/mol. The van der Waals surface area contributed by atoms with Crippen LogP contribution in [-0.4, -0.2) is 22.5 Å².